The molecule has 0 N–H and O–H groups in total. The molecule has 5 heteroatoms. The second-order valence-electron chi connectivity index (χ2n) is 4.32. The van der Waals surface area contributed by atoms with Crippen molar-refractivity contribution in [3.63, 3.8) is 0 Å². The Morgan fingerprint density at radius 3 is 2.76 bits per heavy atom. The van der Waals surface area contributed by atoms with Gasteiger partial charge in [-0.2, -0.15) is 0 Å². The van der Waals surface area contributed by atoms with E-state index in [9.17, 15) is 0 Å². The number of rotatable bonds is 5. The summed E-state index contributed by atoms with van der Waals surface area (Å²) in [6, 6.07) is 12.0. The van der Waals surface area contributed by atoms with Gasteiger partial charge in [0.25, 0.3) is 0 Å². The van der Waals surface area contributed by atoms with Gasteiger partial charge in [-0.05, 0) is 24.3 Å². The number of thioether (sulfide) groups is 1. The number of hydrogen-bond donors (Lipinski definition) is 0. The zero-order valence-electron chi connectivity index (χ0n) is 11.5. The maximum absolute atomic E-state index is 5.39. The molecular weight excluding hydrogens is 300 g/mol. The first-order valence-corrected chi connectivity index (χ1v) is 8.34. The van der Waals surface area contributed by atoms with Crippen LogP contribution in [0.1, 0.15) is 5.69 Å². The molecule has 3 aromatic rings. The van der Waals surface area contributed by atoms with Gasteiger partial charge in [0.05, 0.1) is 18.4 Å². The average molecular weight is 314 g/mol. The minimum atomic E-state index is 0.857. The van der Waals surface area contributed by atoms with Gasteiger partial charge in [-0.15, -0.1) is 23.1 Å². The molecule has 0 aliphatic carbocycles. The van der Waals surface area contributed by atoms with Crippen molar-refractivity contribution in [3.05, 3.63) is 59.9 Å². The van der Waals surface area contributed by atoms with Crippen molar-refractivity contribution in [2.24, 2.45) is 0 Å². The zero-order valence-corrected chi connectivity index (χ0v) is 13.2. The summed E-state index contributed by atoms with van der Waals surface area (Å²) in [5.41, 5.74) is 2.13. The first-order chi connectivity index (χ1) is 10.4. The fourth-order valence-corrected chi connectivity index (χ4v) is 3.64. The lowest BCUT2D eigenvalue weighted by Crippen LogP contribution is -1.87. The van der Waals surface area contributed by atoms with E-state index in [1.807, 2.05) is 48.8 Å². The first kappa shape index (κ1) is 14.1. The monoisotopic (exact) mass is 314 g/mol. The Hall–Kier alpha value is -1.85. The highest BCUT2D eigenvalue weighted by atomic mass is 32.2. The van der Waals surface area contributed by atoms with Gasteiger partial charge in [-0.1, -0.05) is 12.1 Å². The highest BCUT2D eigenvalue weighted by Crippen LogP contribution is 2.33. The maximum atomic E-state index is 5.39. The van der Waals surface area contributed by atoms with Crippen LogP contribution in [0, 0.1) is 0 Å². The Balaban J connectivity index is 1.74. The fraction of sp³-hybridized carbons (Fsp3) is 0.125. The summed E-state index contributed by atoms with van der Waals surface area (Å²) in [4.78, 5) is 9.93. The van der Waals surface area contributed by atoms with Crippen molar-refractivity contribution < 1.29 is 4.74 Å². The van der Waals surface area contributed by atoms with Gasteiger partial charge in [-0.25, -0.2) is 4.98 Å². The number of benzene rings is 1. The standard InChI is InChI=1S/C16H14N2OS2/c1-19-15-5-3-2-4-14(15)16-18-12(11-21-16)10-20-13-6-8-17-9-7-13/h2-9,11H,10H2,1H3. The lowest BCUT2D eigenvalue weighted by atomic mass is 10.2. The largest absolute Gasteiger partial charge is 0.496 e. The Kier molecular flexibility index (Phi) is 4.52. The van der Waals surface area contributed by atoms with Crippen molar-refractivity contribution in [1.29, 1.82) is 0 Å². The lowest BCUT2D eigenvalue weighted by molar-refractivity contribution is 0.416. The number of hydrogen-bond acceptors (Lipinski definition) is 5. The molecule has 21 heavy (non-hydrogen) atoms. The summed E-state index contributed by atoms with van der Waals surface area (Å²) in [6.07, 6.45) is 3.62. The molecule has 0 amide bonds. The number of para-hydroxylation sites is 1. The molecular formula is C16H14N2OS2. The number of ether oxygens (including phenoxy) is 1. The molecule has 0 unspecified atom stereocenters. The Morgan fingerprint density at radius 1 is 1.14 bits per heavy atom. The molecule has 0 bridgehead atoms. The molecule has 3 rings (SSSR count). The Labute approximate surface area is 132 Å². The predicted octanol–water partition coefficient (Wildman–Crippen LogP) is 4.51. The summed E-state index contributed by atoms with van der Waals surface area (Å²) in [6.45, 7) is 0. The number of methoxy groups -OCH3 is 1. The number of thiazole rings is 1. The van der Waals surface area contributed by atoms with Crippen molar-refractivity contribution in [3.8, 4) is 16.3 Å². The molecule has 0 atom stereocenters. The number of pyridine rings is 1. The molecule has 1 aromatic carbocycles. The molecule has 0 saturated carbocycles. The molecule has 0 spiro atoms. The van der Waals surface area contributed by atoms with Crippen LogP contribution in [0.2, 0.25) is 0 Å². The van der Waals surface area contributed by atoms with Gasteiger partial charge in [0.1, 0.15) is 10.8 Å². The van der Waals surface area contributed by atoms with E-state index < -0.39 is 0 Å². The minimum absolute atomic E-state index is 0.857. The molecule has 0 radical (unpaired) electrons. The molecule has 2 heterocycles. The van der Waals surface area contributed by atoms with E-state index in [1.54, 1.807) is 30.2 Å². The topological polar surface area (TPSA) is 35.0 Å². The highest BCUT2D eigenvalue weighted by molar-refractivity contribution is 7.98. The second kappa shape index (κ2) is 6.74. The third kappa shape index (κ3) is 3.43. The van der Waals surface area contributed by atoms with Crippen LogP contribution in [-0.2, 0) is 5.75 Å². The Morgan fingerprint density at radius 2 is 1.95 bits per heavy atom. The smallest absolute Gasteiger partial charge is 0.129 e. The van der Waals surface area contributed by atoms with Crippen LogP contribution in [0.15, 0.2) is 59.1 Å². The minimum Gasteiger partial charge on any atom is -0.496 e. The van der Waals surface area contributed by atoms with Crippen LogP contribution >= 0.6 is 23.1 Å². The van der Waals surface area contributed by atoms with Crippen molar-refractivity contribution in [2.75, 3.05) is 7.11 Å². The van der Waals surface area contributed by atoms with E-state index in [-0.39, 0.29) is 0 Å². The summed E-state index contributed by atoms with van der Waals surface area (Å²) in [5, 5.41) is 3.11. The maximum Gasteiger partial charge on any atom is 0.129 e. The van der Waals surface area contributed by atoms with Crippen LogP contribution in [0.5, 0.6) is 5.75 Å². The number of aromatic nitrogens is 2. The predicted molar refractivity (Wildman–Crippen MR) is 87.9 cm³/mol. The van der Waals surface area contributed by atoms with Crippen LogP contribution < -0.4 is 4.74 Å². The Bertz CT molecular complexity index is 713. The van der Waals surface area contributed by atoms with E-state index in [0.717, 1.165) is 27.8 Å². The third-order valence-electron chi connectivity index (χ3n) is 2.93. The fourth-order valence-electron chi connectivity index (χ4n) is 1.91. The number of nitrogens with zero attached hydrogens (tertiary/aromatic N) is 2. The lowest BCUT2D eigenvalue weighted by Gasteiger charge is -2.04. The molecule has 0 fully saturated rings. The van der Waals surface area contributed by atoms with Crippen LogP contribution in [0.25, 0.3) is 10.6 Å². The van der Waals surface area contributed by atoms with E-state index in [4.69, 9.17) is 9.72 Å². The van der Waals surface area contributed by atoms with Gasteiger partial charge in [0.2, 0.25) is 0 Å². The quantitative estimate of drug-likeness (QED) is 0.649. The van der Waals surface area contributed by atoms with E-state index in [0.29, 0.717) is 0 Å². The highest BCUT2D eigenvalue weighted by Gasteiger charge is 2.09. The average Bonchev–Trinajstić information content (AvgIpc) is 3.02. The summed E-state index contributed by atoms with van der Waals surface area (Å²) >= 11 is 3.42. The summed E-state index contributed by atoms with van der Waals surface area (Å²) < 4.78 is 5.39. The van der Waals surface area contributed by atoms with Gasteiger partial charge in [0, 0.05) is 28.4 Å². The molecule has 2 aromatic heterocycles. The second-order valence-corrected chi connectivity index (χ2v) is 6.22. The van der Waals surface area contributed by atoms with Gasteiger partial charge >= 0.3 is 0 Å². The van der Waals surface area contributed by atoms with Crippen molar-refractivity contribution in [2.45, 2.75) is 10.6 Å². The van der Waals surface area contributed by atoms with E-state index in [2.05, 4.69) is 10.4 Å². The van der Waals surface area contributed by atoms with Crippen LogP contribution in [0.3, 0.4) is 0 Å². The van der Waals surface area contributed by atoms with Crippen LogP contribution in [0.4, 0.5) is 0 Å². The van der Waals surface area contributed by atoms with Crippen molar-refractivity contribution >= 4 is 23.1 Å². The van der Waals surface area contributed by atoms with Gasteiger partial charge < -0.3 is 4.74 Å². The first-order valence-electron chi connectivity index (χ1n) is 6.47. The molecule has 0 saturated heterocycles. The van der Waals surface area contributed by atoms with Gasteiger partial charge in [-0.3, -0.25) is 4.98 Å². The van der Waals surface area contributed by atoms with Crippen molar-refractivity contribution in [1.82, 2.24) is 9.97 Å². The normalized spacial score (nSPS) is 10.5. The molecule has 0 aliphatic rings. The molecule has 0 aliphatic heterocycles. The van der Waals surface area contributed by atoms with Gasteiger partial charge in [0.15, 0.2) is 0 Å². The van der Waals surface area contributed by atoms with E-state index in [1.165, 1.54) is 4.90 Å². The molecule has 3 nitrogen and oxygen atoms in total. The van der Waals surface area contributed by atoms with E-state index >= 15 is 0 Å². The molecule has 106 valence electrons. The SMILES string of the molecule is COc1ccccc1-c1nc(CSc2ccncc2)cs1. The third-order valence-corrected chi connectivity index (χ3v) is 4.90. The summed E-state index contributed by atoms with van der Waals surface area (Å²) in [5.74, 6) is 1.72. The zero-order chi connectivity index (χ0) is 14.5. The van der Waals surface area contributed by atoms with Crippen LogP contribution in [-0.4, -0.2) is 17.1 Å². The summed E-state index contributed by atoms with van der Waals surface area (Å²) in [7, 11) is 1.69.